The summed E-state index contributed by atoms with van der Waals surface area (Å²) in [6.45, 7) is 2.71. The van der Waals surface area contributed by atoms with E-state index in [1.807, 2.05) is 30.4 Å². The number of carbonyl (C=O) groups is 1. The van der Waals surface area contributed by atoms with Crippen LogP contribution in [-0.2, 0) is 11.8 Å². The lowest BCUT2D eigenvalue weighted by Crippen LogP contribution is -2.25. The SMILES string of the molecule is CC(Oc1cc(-c2cc3c(cnn3C)s2)cc2ncsc12)C1CNC(=O)C1. The summed E-state index contributed by atoms with van der Waals surface area (Å²) in [6, 6.07) is 6.37. The molecule has 2 atom stereocenters. The van der Waals surface area contributed by atoms with E-state index in [1.54, 1.807) is 22.7 Å². The first-order valence-electron chi connectivity index (χ1n) is 8.81. The van der Waals surface area contributed by atoms with Crippen LogP contribution in [0.4, 0.5) is 0 Å². The molecule has 4 heterocycles. The molecular weight excluding hydrogens is 380 g/mol. The van der Waals surface area contributed by atoms with Gasteiger partial charge < -0.3 is 10.1 Å². The number of nitrogens with zero attached hydrogens (tertiary/aromatic N) is 3. The zero-order valence-electron chi connectivity index (χ0n) is 14.9. The fraction of sp³-hybridized carbons (Fsp3) is 0.316. The van der Waals surface area contributed by atoms with Gasteiger partial charge >= 0.3 is 0 Å². The highest BCUT2D eigenvalue weighted by Crippen LogP contribution is 2.39. The lowest BCUT2D eigenvalue weighted by molar-refractivity contribution is -0.119. The summed E-state index contributed by atoms with van der Waals surface area (Å²) in [6.07, 6.45) is 2.38. The summed E-state index contributed by atoms with van der Waals surface area (Å²) in [5.74, 6) is 1.14. The molecular formula is C19H18N4O2S2. The molecule has 1 aliphatic rings. The summed E-state index contributed by atoms with van der Waals surface area (Å²) in [5.41, 5.74) is 5.01. The van der Waals surface area contributed by atoms with Crippen LogP contribution in [0.5, 0.6) is 5.75 Å². The quantitative estimate of drug-likeness (QED) is 0.567. The van der Waals surface area contributed by atoms with Gasteiger partial charge in [0.05, 0.1) is 32.1 Å². The molecule has 27 heavy (non-hydrogen) atoms. The number of thiophene rings is 1. The van der Waals surface area contributed by atoms with Crippen LogP contribution in [-0.4, -0.2) is 33.3 Å². The number of rotatable bonds is 4. The predicted molar refractivity (Wildman–Crippen MR) is 108 cm³/mol. The van der Waals surface area contributed by atoms with E-state index >= 15 is 0 Å². The van der Waals surface area contributed by atoms with E-state index in [9.17, 15) is 4.79 Å². The first-order valence-corrected chi connectivity index (χ1v) is 10.5. The lowest BCUT2D eigenvalue weighted by atomic mass is 10.0. The molecule has 1 amide bonds. The second-order valence-electron chi connectivity index (χ2n) is 6.89. The number of thiazole rings is 1. The number of ether oxygens (including phenoxy) is 1. The summed E-state index contributed by atoms with van der Waals surface area (Å²) < 4.78 is 10.4. The van der Waals surface area contributed by atoms with E-state index in [2.05, 4.69) is 33.6 Å². The Kier molecular flexibility index (Phi) is 3.91. The molecule has 0 saturated carbocycles. The zero-order chi connectivity index (χ0) is 18.5. The highest BCUT2D eigenvalue weighted by atomic mass is 32.1. The molecule has 3 aromatic heterocycles. The van der Waals surface area contributed by atoms with Crippen molar-refractivity contribution < 1.29 is 9.53 Å². The molecule has 0 spiro atoms. The normalized spacial score (nSPS) is 18.3. The summed E-state index contributed by atoms with van der Waals surface area (Å²) in [5, 5.41) is 7.19. The molecule has 1 saturated heterocycles. The van der Waals surface area contributed by atoms with Crippen molar-refractivity contribution in [1.82, 2.24) is 20.1 Å². The predicted octanol–water partition coefficient (Wildman–Crippen LogP) is 3.81. The van der Waals surface area contributed by atoms with Crippen molar-refractivity contribution in [3.63, 3.8) is 0 Å². The molecule has 0 bridgehead atoms. The Morgan fingerprint density at radius 2 is 2.26 bits per heavy atom. The van der Waals surface area contributed by atoms with Crippen molar-refractivity contribution >= 4 is 49.0 Å². The molecule has 4 aromatic rings. The number of hydrogen-bond donors (Lipinski definition) is 1. The van der Waals surface area contributed by atoms with Crippen LogP contribution < -0.4 is 10.1 Å². The first kappa shape index (κ1) is 16.7. The van der Waals surface area contributed by atoms with Gasteiger partial charge in [0, 0.05) is 30.8 Å². The Labute approximate surface area is 163 Å². The average molecular weight is 399 g/mol. The molecule has 0 aliphatic carbocycles. The van der Waals surface area contributed by atoms with Crippen molar-refractivity contribution in [2.24, 2.45) is 13.0 Å². The largest absolute Gasteiger partial charge is 0.489 e. The fourth-order valence-corrected chi connectivity index (χ4v) is 5.27. The average Bonchev–Trinajstić information content (AvgIpc) is 3.40. The monoisotopic (exact) mass is 398 g/mol. The molecule has 138 valence electrons. The number of benzene rings is 1. The van der Waals surface area contributed by atoms with Crippen molar-refractivity contribution in [3.05, 3.63) is 29.9 Å². The minimum atomic E-state index is -0.0453. The zero-order valence-corrected chi connectivity index (χ0v) is 16.6. The van der Waals surface area contributed by atoms with Gasteiger partial charge in [0.25, 0.3) is 0 Å². The highest BCUT2D eigenvalue weighted by Gasteiger charge is 2.28. The maximum absolute atomic E-state index is 11.5. The minimum absolute atomic E-state index is 0.0453. The number of aromatic nitrogens is 3. The Balaban J connectivity index is 1.53. The van der Waals surface area contributed by atoms with Gasteiger partial charge in [-0.1, -0.05) is 0 Å². The number of amides is 1. The van der Waals surface area contributed by atoms with Crippen molar-refractivity contribution in [3.8, 4) is 16.2 Å². The van der Waals surface area contributed by atoms with E-state index < -0.39 is 0 Å². The van der Waals surface area contributed by atoms with Gasteiger partial charge in [-0.25, -0.2) is 4.98 Å². The third kappa shape index (κ3) is 2.89. The van der Waals surface area contributed by atoms with E-state index in [1.165, 1.54) is 4.88 Å². The second-order valence-corrected chi connectivity index (χ2v) is 8.83. The van der Waals surface area contributed by atoms with Gasteiger partial charge in [0.15, 0.2) is 0 Å². The maximum Gasteiger partial charge on any atom is 0.220 e. The van der Waals surface area contributed by atoms with Crippen LogP contribution in [0.3, 0.4) is 0 Å². The molecule has 2 unspecified atom stereocenters. The van der Waals surface area contributed by atoms with Crippen molar-refractivity contribution in [1.29, 1.82) is 0 Å². The Hall–Kier alpha value is -2.45. The molecule has 1 aromatic carbocycles. The molecule has 8 heteroatoms. The smallest absolute Gasteiger partial charge is 0.220 e. The molecule has 6 nitrogen and oxygen atoms in total. The summed E-state index contributed by atoms with van der Waals surface area (Å²) >= 11 is 3.30. The van der Waals surface area contributed by atoms with Crippen LogP contribution in [0.2, 0.25) is 0 Å². The minimum Gasteiger partial charge on any atom is -0.489 e. The number of hydrogen-bond acceptors (Lipinski definition) is 6. The van der Waals surface area contributed by atoms with Crippen molar-refractivity contribution in [2.45, 2.75) is 19.4 Å². The summed E-state index contributed by atoms with van der Waals surface area (Å²) in [4.78, 5) is 17.2. The molecule has 1 N–H and O–H groups in total. The molecule has 5 rings (SSSR count). The van der Waals surface area contributed by atoms with E-state index in [4.69, 9.17) is 4.74 Å². The summed E-state index contributed by atoms with van der Waals surface area (Å²) in [7, 11) is 1.95. The highest BCUT2D eigenvalue weighted by molar-refractivity contribution is 7.22. The Bertz CT molecular complexity index is 1160. The van der Waals surface area contributed by atoms with Gasteiger partial charge in [-0.3, -0.25) is 9.48 Å². The first-order chi connectivity index (χ1) is 13.1. The maximum atomic E-state index is 11.5. The second kappa shape index (κ2) is 6.31. The van der Waals surface area contributed by atoms with Crippen LogP contribution >= 0.6 is 22.7 Å². The van der Waals surface area contributed by atoms with E-state index in [-0.39, 0.29) is 17.9 Å². The van der Waals surface area contributed by atoms with Gasteiger partial charge in [-0.2, -0.15) is 5.10 Å². The Morgan fingerprint density at radius 1 is 1.37 bits per heavy atom. The van der Waals surface area contributed by atoms with Gasteiger partial charge in [-0.05, 0) is 30.7 Å². The van der Waals surface area contributed by atoms with Crippen LogP contribution in [0.25, 0.3) is 30.9 Å². The van der Waals surface area contributed by atoms with Gasteiger partial charge in [-0.15, -0.1) is 22.7 Å². The molecule has 1 aliphatic heterocycles. The topological polar surface area (TPSA) is 69.0 Å². The lowest BCUT2D eigenvalue weighted by Gasteiger charge is -2.20. The molecule has 0 radical (unpaired) electrons. The van der Waals surface area contributed by atoms with Crippen molar-refractivity contribution in [2.75, 3.05) is 6.54 Å². The molecule has 1 fully saturated rings. The standard InChI is InChI=1S/C19H18N4O2S2/c1-10(12-5-18(24)20-7-12)25-15-4-11(3-13-19(15)26-9-21-13)16-6-14-17(27-16)8-22-23(14)2/h3-4,6,8-10,12H,5,7H2,1-2H3,(H,20,24). The van der Waals surface area contributed by atoms with Crippen LogP contribution in [0.1, 0.15) is 13.3 Å². The third-order valence-electron chi connectivity index (χ3n) is 5.10. The van der Waals surface area contributed by atoms with Gasteiger partial charge in [0.1, 0.15) is 11.9 Å². The number of aryl methyl sites for hydroxylation is 1. The van der Waals surface area contributed by atoms with E-state index in [0.29, 0.717) is 13.0 Å². The van der Waals surface area contributed by atoms with Crippen LogP contribution in [0, 0.1) is 5.92 Å². The van der Waals surface area contributed by atoms with Gasteiger partial charge in [0.2, 0.25) is 5.91 Å². The van der Waals surface area contributed by atoms with E-state index in [0.717, 1.165) is 31.7 Å². The number of nitrogens with one attached hydrogen (secondary N) is 1. The third-order valence-corrected chi connectivity index (χ3v) is 7.07. The number of fused-ring (bicyclic) bond motifs is 2. The Morgan fingerprint density at radius 3 is 3.04 bits per heavy atom. The fourth-order valence-electron chi connectivity index (χ4n) is 3.51. The number of carbonyl (C=O) groups excluding carboxylic acids is 1. The van der Waals surface area contributed by atoms with Crippen LogP contribution in [0.15, 0.2) is 29.9 Å².